The van der Waals surface area contributed by atoms with Gasteiger partial charge in [0.15, 0.2) is 0 Å². The Bertz CT molecular complexity index is 335. The highest BCUT2D eigenvalue weighted by Crippen LogP contribution is 2.24. The van der Waals surface area contributed by atoms with Gasteiger partial charge in [0.25, 0.3) is 0 Å². The molecular weight excluding hydrogens is 200 g/mol. The summed E-state index contributed by atoms with van der Waals surface area (Å²) in [6.07, 6.45) is 0. The maximum absolute atomic E-state index is 5.92. The van der Waals surface area contributed by atoms with Crippen LogP contribution in [-0.2, 0) is 0 Å². The van der Waals surface area contributed by atoms with Gasteiger partial charge in [0.1, 0.15) is 12.4 Å². The van der Waals surface area contributed by atoms with Gasteiger partial charge in [-0.2, -0.15) is 0 Å². The first kappa shape index (κ1) is 13.0. The molecule has 0 aliphatic heterocycles. The molecule has 0 spiro atoms. The van der Waals surface area contributed by atoms with E-state index in [1.54, 1.807) is 0 Å². The van der Waals surface area contributed by atoms with E-state index in [2.05, 4.69) is 24.0 Å². The fourth-order valence-corrected chi connectivity index (χ4v) is 1.49. The molecule has 1 aromatic rings. The van der Waals surface area contributed by atoms with Gasteiger partial charge in [0, 0.05) is 18.2 Å². The fourth-order valence-electron chi connectivity index (χ4n) is 1.49. The second kappa shape index (κ2) is 5.87. The highest BCUT2D eigenvalue weighted by atomic mass is 16.5. The van der Waals surface area contributed by atoms with Crippen molar-refractivity contribution in [3.63, 3.8) is 0 Å². The molecule has 0 bridgehead atoms. The maximum Gasteiger partial charge on any atom is 0.124 e. The van der Waals surface area contributed by atoms with E-state index >= 15 is 0 Å². The zero-order chi connectivity index (χ0) is 12.1. The van der Waals surface area contributed by atoms with Crippen molar-refractivity contribution in [1.82, 2.24) is 4.90 Å². The van der Waals surface area contributed by atoms with Gasteiger partial charge in [-0.1, -0.05) is 17.7 Å². The molecule has 0 aromatic heterocycles. The van der Waals surface area contributed by atoms with Crippen molar-refractivity contribution in [2.45, 2.75) is 19.9 Å². The first-order valence-electron chi connectivity index (χ1n) is 5.64. The van der Waals surface area contributed by atoms with Crippen molar-refractivity contribution >= 4 is 0 Å². The van der Waals surface area contributed by atoms with E-state index < -0.39 is 0 Å². The SMILES string of the molecule is Cc1ccc(OCCN(C)C)c([C@H](C)N)c1. The van der Waals surface area contributed by atoms with Gasteiger partial charge < -0.3 is 15.4 Å². The molecule has 3 heteroatoms. The lowest BCUT2D eigenvalue weighted by molar-refractivity contribution is 0.258. The molecule has 3 nitrogen and oxygen atoms in total. The Labute approximate surface area is 98.2 Å². The van der Waals surface area contributed by atoms with Crippen LogP contribution in [0.2, 0.25) is 0 Å². The van der Waals surface area contributed by atoms with Crippen LogP contribution in [0, 0.1) is 6.92 Å². The van der Waals surface area contributed by atoms with E-state index in [1.165, 1.54) is 5.56 Å². The van der Waals surface area contributed by atoms with Crippen molar-refractivity contribution in [3.8, 4) is 5.75 Å². The third-order valence-electron chi connectivity index (χ3n) is 2.45. The standard InChI is InChI=1S/C13H22N2O/c1-10-5-6-13(12(9-10)11(2)14)16-8-7-15(3)4/h5-6,9,11H,7-8,14H2,1-4H3/t11-/m0/s1. The molecule has 0 saturated heterocycles. The molecule has 0 aliphatic rings. The summed E-state index contributed by atoms with van der Waals surface area (Å²) >= 11 is 0. The average molecular weight is 222 g/mol. The molecule has 0 saturated carbocycles. The zero-order valence-corrected chi connectivity index (χ0v) is 10.7. The Morgan fingerprint density at radius 1 is 1.38 bits per heavy atom. The third-order valence-corrected chi connectivity index (χ3v) is 2.45. The molecule has 0 aliphatic carbocycles. The summed E-state index contributed by atoms with van der Waals surface area (Å²) < 4.78 is 5.74. The second-order valence-electron chi connectivity index (χ2n) is 4.48. The Kier molecular flexibility index (Phi) is 4.77. The highest BCUT2D eigenvalue weighted by Gasteiger charge is 2.08. The smallest absolute Gasteiger partial charge is 0.124 e. The lowest BCUT2D eigenvalue weighted by Crippen LogP contribution is -2.20. The quantitative estimate of drug-likeness (QED) is 0.827. The lowest BCUT2D eigenvalue weighted by atomic mass is 10.1. The molecule has 0 heterocycles. The van der Waals surface area contributed by atoms with Crippen LogP contribution in [0.5, 0.6) is 5.75 Å². The number of nitrogens with two attached hydrogens (primary N) is 1. The van der Waals surface area contributed by atoms with E-state index in [9.17, 15) is 0 Å². The Morgan fingerprint density at radius 2 is 2.06 bits per heavy atom. The van der Waals surface area contributed by atoms with E-state index in [0.717, 1.165) is 17.9 Å². The van der Waals surface area contributed by atoms with Crippen molar-refractivity contribution in [2.24, 2.45) is 5.73 Å². The molecule has 0 unspecified atom stereocenters. The molecule has 1 rings (SSSR count). The Hall–Kier alpha value is -1.06. The van der Waals surface area contributed by atoms with Crippen LogP contribution < -0.4 is 10.5 Å². The summed E-state index contributed by atoms with van der Waals surface area (Å²) in [7, 11) is 4.07. The van der Waals surface area contributed by atoms with Crippen molar-refractivity contribution in [3.05, 3.63) is 29.3 Å². The largest absolute Gasteiger partial charge is 0.492 e. The predicted molar refractivity (Wildman–Crippen MR) is 67.8 cm³/mol. The minimum atomic E-state index is 0.00857. The molecule has 1 aromatic carbocycles. The zero-order valence-electron chi connectivity index (χ0n) is 10.7. The Balaban J connectivity index is 2.71. The van der Waals surface area contributed by atoms with Crippen molar-refractivity contribution < 1.29 is 4.74 Å². The van der Waals surface area contributed by atoms with E-state index in [4.69, 9.17) is 10.5 Å². The van der Waals surface area contributed by atoms with Crippen LogP contribution in [-0.4, -0.2) is 32.1 Å². The van der Waals surface area contributed by atoms with Crippen LogP contribution in [0.1, 0.15) is 24.1 Å². The van der Waals surface area contributed by atoms with Crippen molar-refractivity contribution in [1.29, 1.82) is 0 Å². The average Bonchev–Trinajstić information content (AvgIpc) is 2.19. The third kappa shape index (κ3) is 3.83. The summed E-state index contributed by atoms with van der Waals surface area (Å²) in [6.45, 7) is 5.64. The summed E-state index contributed by atoms with van der Waals surface area (Å²) in [5.41, 5.74) is 8.22. The minimum Gasteiger partial charge on any atom is -0.492 e. The number of hydrogen-bond donors (Lipinski definition) is 1. The van der Waals surface area contributed by atoms with Crippen molar-refractivity contribution in [2.75, 3.05) is 27.2 Å². The number of nitrogens with zero attached hydrogens (tertiary/aromatic N) is 1. The summed E-state index contributed by atoms with van der Waals surface area (Å²) in [5.74, 6) is 0.905. The van der Waals surface area contributed by atoms with Gasteiger partial charge in [-0.3, -0.25) is 0 Å². The van der Waals surface area contributed by atoms with Gasteiger partial charge in [-0.25, -0.2) is 0 Å². The van der Waals surface area contributed by atoms with Gasteiger partial charge >= 0.3 is 0 Å². The topological polar surface area (TPSA) is 38.5 Å². The van der Waals surface area contributed by atoms with E-state index in [0.29, 0.717) is 6.61 Å². The molecule has 16 heavy (non-hydrogen) atoms. The van der Waals surface area contributed by atoms with Gasteiger partial charge in [0.2, 0.25) is 0 Å². The highest BCUT2D eigenvalue weighted by molar-refractivity contribution is 5.38. The molecule has 2 N–H and O–H groups in total. The first-order chi connectivity index (χ1) is 7.50. The summed E-state index contributed by atoms with van der Waals surface area (Å²) in [5, 5.41) is 0. The number of ether oxygens (including phenoxy) is 1. The Morgan fingerprint density at radius 3 is 2.62 bits per heavy atom. The van der Waals surface area contributed by atoms with Gasteiger partial charge in [-0.05, 0) is 34.0 Å². The second-order valence-corrected chi connectivity index (χ2v) is 4.48. The molecule has 90 valence electrons. The summed E-state index contributed by atoms with van der Waals surface area (Å²) in [4.78, 5) is 2.10. The van der Waals surface area contributed by atoms with Crippen LogP contribution in [0.15, 0.2) is 18.2 Å². The molecule has 0 fully saturated rings. The van der Waals surface area contributed by atoms with Gasteiger partial charge in [-0.15, -0.1) is 0 Å². The number of benzene rings is 1. The van der Waals surface area contributed by atoms with Crippen LogP contribution in [0.4, 0.5) is 0 Å². The summed E-state index contributed by atoms with van der Waals surface area (Å²) in [6, 6.07) is 6.16. The minimum absolute atomic E-state index is 0.00857. The van der Waals surface area contributed by atoms with Gasteiger partial charge in [0.05, 0.1) is 0 Å². The number of aryl methyl sites for hydroxylation is 1. The van der Waals surface area contributed by atoms with Crippen LogP contribution in [0.3, 0.4) is 0 Å². The number of likely N-dealkylation sites (N-methyl/N-ethyl adjacent to an activating group) is 1. The number of hydrogen-bond acceptors (Lipinski definition) is 3. The first-order valence-corrected chi connectivity index (χ1v) is 5.64. The normalized spacial score (nSPS) is 12.9. The fraction of sp³-hybridized carbons (Fsp3) is 0.538. The molecular formula is C13H22N2O. The molecule has 1 atom stereocenters. The van der Waals surface area contributed by atoms with E-state index in [1.807, 2.05) is 27.1 Å². The predicted octanol–water partition coefficient (Wildman–Crippen LogP) is 1.96. The monoisotopic (exact) mass is 222 g/mol. The van der Waals surface area contributed by atoms with Crippen LogP contribution in [0.25, 0.3) is 0 Å². The number of rotatable bonds is 5. The molecule has 0 radical (unpaired) electrons. The lowest BCUT2D eigenvalue weighted by Gasteiger charge is -2.16. The maximum atomic E-state index is 5.92. The van der Waals surface area contributed by atoms with Crippen LogP contribution >= 0.6 is 0 Å². The molecule has 0 amide bonds. The van der Waals surface area contributed by atoms with E-state index in [-0.39, 0.29) is 6.04 Å².